The van der Waals surface area contributed by atoms with Crippen LogP contribution in [0.25, 0.3) is 56.4 Å². The molecule has 6 aromatic rings. The summed E-state index contributed by atoms with van der Waals surface area (Å²) in [6.07, 6.45) is 0. The van der Waals surface area contributed by atoms with Crippen molar-refractivity contribution in [3.05, 3.63) is 127 Å². The van der Waals surface area contributed by atoms with Crippen molar-refractivity contribution in [1.29, 1.82) is 0 Å². The normalized spacial score (nSPS) is 15.5. The van der Waals surface area contributed by atoms with E-state index in [0.29, 0.717) is 17.5 Å². The molecule has 1 atom stereocenters. The Morgan fingerprint density at radius 3 is 1.59 bits per heavy atom. The first-order valence-electron chi connectivity index (χ1n) is 12.9. The van der Waals surface area contributed by atoms with Gasteiger partial charge in [-0.05, 0) is 29.4 Å². The number of hydrogen-bond donors (Lipinski definition) is 0. The minimum atomic E-state index is -2.65. The van der Waals surface area contributed by atoms with Gasteiger partial charge in [0.2, 0.25) is 0 Å². The van der Waals surface area contributed by atoms with E-state index in [2.05, 4.69) is 24.3 Å². The molecule has 1 aliphatic heterocycles. The molecule has 1 aromatic heterocycles. The standard InChI is InChI=1S/C34H24N3OP/c1-39(38)29-20-9-8-18-28(29)31-27(19-11-21-30(31)39)25-16-10-17-26(22-25)34-36-32(23-12-4-2-5-13-23)35-33(37-34)24-14-6-3-7-15-24/h2-22H,1H3. The lowest BCUT2D eigenvalue weighted by atomic mass is 9.94. The van der Waals surface area contributed by atoms with E-state index < -0.39 is 7.14 Å². The van der Waals surface area contributed by atoms with Gasteiger partial charge in [-0.2, -0.15) is 0 Å². The van der Waals surface area contributed by atoms with E-state index in [1.807, 2.05) is 110 Å². The summed E-state index contributed by atoms with van der Waals surface area (Å²) in [6.45, 7) is 1.87. The van der Waals surface area contributed by atoms with Crippen LogP contribution in [-0.4, -0.2) is 21.6 Å². The molecule has 7 rings (SSSR count). The van der Waals surface area contributed by atoms with E-state index >= 15 is 0 Å². The first-order valence-corrected chi connectivity index (χ1v) is 15.0. The van der Waals surface area contributed by atoms with Gasteiger partial charge in [-0.25, -0.2) is 15.0 Å². The lowest BCUT2D eigenvalue weighted by molar-refractivity contribution is 0.591. The topological polar surface area (TPSA) is 55.7 Å². The molecule has 0 fully saturated rings. The van der Waals surface area contributed by atoms with Crippen LogP contribution in [0.3, 0.4) is 0 Å². The lowest BCUT2D eigenvalue weighted by Gasteiger charge is -2.13. The molecule has 5 heteroatoms. The molecule has 0 saturated heterocycles. The van der Waals surface area contributed by atoms with Gasteiger partial charge in [0.25, 0.3) is 0 Å². The summed E-state index contributed by atoms with van der Waals surface area (Å²) in [4.78, 5) is 14.6. The number of fused-ring (bicyclic) bond motifs is 3. The predicted octanol–water partition coefficient (Wildman–Crippen LogP) is 7.46. The zero-order valence-electron chi connectivity index (χ0n) is 21.3. The Morgan fingerprint density at radius 2 is 0.923 bits per heavy atom. The molecule has 0 saturated carbocycles. The van der Waals surface area contributed by atoms with Crippen molar-refractivity contribution >= 4 is 17.8 Å². The van der Waals surface area contributed by atoms with Gasteiger partial charge in [0.05, 0.1) is 0 Å². The average Bonchev–Trinajstić information content (AvgIpc) is 3.24. The number of nitrogens with zero attached hydrogens (tertiary/aromatic N) is 3. The van der Waals surface area contributed by atoms with Crippen molar-refractivity contribution in [2.45, 2.75) is 0 Å². The third-order valence-corrected chi connectivity index (χ3v) is 9.87. The summed E-state index contributed by atoms with van der Waals surface area (Å²) >= 11 is 0. The van der Waals surface area contributed by atoms with Crippen molar-refractivity contribution in [2.75, 3.05) is 6.66 Å². The number of aromatic nitrogens is 3. The van der Waals surface area contributed by atoms with Gasteiger partial charge < -0.3 is 4.57 Å². The van der Waals surface area contributed by atoms with Gasteiger partial charge in [-0.1, -0.05) is 121 Å². The van der Waals surface area contributed by atoms with Crippen molar-refractivity contribution in [1.82, 2.24) is 15.0 Å². The van der Waals surface area contributed by atoms with Crippen LogP contribution in [0.1, 0.15) is 0 Å². The Kier molecular flexibility index (Phi) is 5.57. The summed E-state index contributed by atoms with van der Waals surface area (Å²) < 4.78 is 13.8. The van der Waals surface area contributed by atoms with Crippen molar-refractivity contribution in [3.8, 4) is 56.4 Å². The van der Waals surface area contributed by atoms with E-state index in [4.69, 9.17) is 15.0 Å². The second-order valence-corrected chi connectivity index (χ2v) is 12.6. The molecule has 1 aliphatic rings. The quantitative estimate of drug-likeness (QED) is 0.226. The molecule has 4 nitrogen and oxygen atoms in total. The van der Waals surface area contributed by atoms with Crippen molar-refractivity contribution in [3.63, 3.8) is 0 Å². The summed E-state index contributed by atoms with van der Waals surface area (Å²) in [6, 6.07) is 42.4. The number of rotatable bonds is 4. The predicted molar refractivity (Wildman–Crippen MR) is 160 cm³/mol. The monoisotopic (exact) mass is 521 g/mol. The number of hydrogen-bond acceptors (Lipinski definition) is 4. The molecule has 0 radical (unpaired) electrons. The molecule has 0 aliphatic carbocycles. The smallest absolute Gasteiger partial charge is 0.164 e. The lowest BCUT2D eigenvalue weighted by Crippen LogP contribution is -2.07. The van der Waals surface area contributed by atoms with Crippen LogP contribution in [0.4, 0.5) is 0 Å². The molecular formula is C34H24N3OP. The molecule has 186 valence electrons. The Bertz CT molecular complexity index is 1840. The Balaban J connectivity index is 1.40. The SMILES string of the molecule is CP1(=O)c2ccccc2-c2c(-c3cccc(-c4nc(-c5ccccc5)nc(-c5ccccc5)n4)c3)cccc21. The minimum Gasteiger partial charge on any atom is -0.314 e. The van der Waals surface area contributed by atoms with Crippen molar-refractivity contribution in [2.24, 2.45) is 0 Å². The average molecular weight is 522 g/mol. The highest BCUT2D eigenvalue weighted by Gasteiger charge is 2.35. The van der Waals surface area contributed by atoms with Gasteiger partial charge in [0, 0.05) is 32.9 Å². The third-order valence-electron chi connectivity index (χ3n) is 7.27. The zero-order valence-corrected chi connectivity index (χ0v) is 22.2. The molecular weight excluding hydrogens is 497 g/mol. The Hall–Kier alpha value is -4.66. The Labute approximate surface area is 227 Å². The highest BCUT2D eigenvalue weighted by molar-refractivity contribution is 7.79. The maximum absolute atomic E-state index is 13.8. The van der Waals surface area contributed by atoms with E-state index in [1.165, 1.54) is 0 Å². The maximum Gasteiger partial charge on any atom is 0.164 e. The molecule has 0 spiro atoms. The second-order valence-electron chi connectivity index (χ2n) is 9.76. The highest BCUT2D eigenvalue weighted by Crippen LogP contribution is 2.52. The zero-order chi connectivity index (χ0) is 26.4. The fourth-order valence-corrected chi connectivity index (χ4v) is 7.68. The van der Waals surface area contributed by atoms with Crippen LogP contribution >= 0.6 is 7.14 Å². The molecule has 0 amide bonds. The minimum absolute atomic E-state index is 0.610. The van der Waals surface area contributed by atoms with Crippen LogP contribution in [0, 0.1) is 0 Å². The Morgan fingerprint density at radius 1 is 0.462 bits per heavy atom. The van der Waals surface area contributed by atoms with Gasteiger partial charge >= 0.3 is 0 Å². The van der Waals surface area contributed by atoms with E-state index in [0.717, 1.165) is 49.6 Å². The largest absolute Gasteiger partial charge is 0.314 e. The van der Waals surface area contributed by atoms with Crippen LogP contribution in [-0.2, 0) is 4.57 Å². The van der Waals surface area contributed by atoms with E-state index in [9.17, 15) is 4.57 Å². The molecule has 39 heavy (non-hydrogen) atoms. The molecule has 0 N–H and O–H groups in total. The summed E-state index contributed by atoms with van der Waals surface area (Å²) in [5, 5.41) is 1.85. The van der Waals surface area contributed by atoms with Crippen LogP contribution < -0.4 is 10.6 Å². The fourth-order valence-electron chi connectivity index (χ4n) is 5.37. The second kappa shape index (κ2) is 9.27. The summed E-state index contributed by atoms with van der Waals surface area (Å²) in [5.41, 5.74) is 6.97. The highest BCUT2D eigenvalue weighted by atomic mass is 31.2. The van der Waals surface area contributed by atoms with E-state index in [1.54, 1.807) is 0 Å². The van der Waals surface area contributed by atoms with Crippen LogP contribution in [0.15, 0.2) is 127 Å². The molecule has 0 bridgehead atoms. The van der Waals surface area contributed by atoms with Crippen LogP contribution in [0.2, 0.25) is 0 Å². The van der Waals surface area contributed by atoms with Gasteiger partial charge in [-0.15, -0.1) is 0 Å². The van der Waals surface area contributed by atoms with Gasteiger partial charge in [-0.3, -0.25) is 0 Å². The summed E-state index contributed by atoms with van der Waals surface area (Å²) in [5.74, 6) is 1.87. The fraction of sp³-hybridized carbons (Fsp3) is 0.0294. The third kappa shape index (κ3) is 4.01. The number of benzene rings is 5. The molecule has 2 heterocycles. The van der Waals surface area contributed by atoms with Crippen LogP contribution in [0.5, 0.6) is 0 Å². The molecule has 5 aromatic carbocycles. The van der Waals surface area contributed by atoms with Gasteiger partial charge in [0.1, 0.15) is 7.14 Å². The first kappa shape index (κ1) is 23.5. The van der Waals surface area contributed by atoms with Crippen molar-refractivity contribution < 1.29 is 4.57 Å². The van der Waals surface area contributed by atoms with Gasteiger partial charge in [0.15, 0.2) is 17.5 Å². The van der Waals surface area contributed by atoms with E-state index in [-0.39, 0.29) is 0 Å². The first-order chi connectivity index (χ1) is 19.1. The summed E-state index contributed by atoms with van der Waals surface area (Å²) in [7, 11) is -2.65. The maximum atomic E-state index is 13.8. The molecule has 1 unspecified atom stereocenters.